The number of carbonyl (C=O) groups excluding carboxylic acids is 1. The Balaban J connectivity index is 2.74. The number of carboxylic acid groups (broad SMARTS) is 2. The van der Waals surface area contributed by atoms with Crippen LogP contribution >= 0.6 is 0 Å². The number of carboxylic acids is 2. The van der Waals surface area contributed by atoms with Gasteiger partial charge in [-0.1, -0.05) is 11.6 Å². The summed E-state index contributed by atoms with van der Waals surface area (Å²) in [5.41, 5.74) is 0.429. The van der Waals surface area contributed by atoms with Gasteiger partial charge in [0.2, 0.25) is 0 Å². The number of hydrogen-bond donors (Lipinski definition) is 3. The van der Waals surface area contributed by atoms with Crippen molar-refractivity contribution < 1.29 is 29.0 Å². The average Bonchev–Trinajstić information content (AvgIpc) is 2.39. The molecular weight excluding hydrogens is 281 g/mol. The van der Waals surface area contributed by atoms with Crippen LogP contribution in [0, 0.1) is 12.7 Å². The van der Waals surface area contributed by atoms with Crippen molar-refractivity contribution in [3.63, 3.8) is 0 Å². The van der Waals surface area contributed by atoms with Crippen molar-refractivity contribution in [3.8, 4) is 0 Å². The number of aliphatic carboxylic acids is 2. The van der Waals surface area contributed by atoms with Gasteiger partial charge in [-0.2, -0.15) is 0 Å². The van der Waals surface area contributed by atoms with Crippen molar-refractivity contribution in [2.24, 2.45) is 0 Å². The largest absolute Gasteiger partial charge is 0.481 e. The standard InChI is InChI=1S/C14H16FNO5/c1-8-5-6-10(15)9(7-8)13(19)16-11(14(20)21)3-2-4-12(17)18/h5-7,11H,2-4H2,1H3,(H,16,19)(H,17,18)(H,20,21)/t11-/m1/s1. The quantitative estimate of drug-likeness (QED) is 0.708. The molecule has 0 aromatic heterocycles. The van der Waals surface area contributed by atoms with Crippen LogP contribution in [0.5, 0.6) is 0 Å². The van der Waals surface area contributed by atoms with Crippen LogP contribution in [-0.2, 0) is 9.59 Å². The molecule has 0 aliphatic carbocycles. The summed E-state index contributed by atoms with van der Waals surface area (Å²) in [7, 11) is 0. The summed E-state index contributed by atoms with van der Waals surface area (Å²) >= 11 is 0. The van der Waals surface area contributed by atoms with Gasteiger partial charge in [0.05, 0.1) is 5.56 Å². The summed E-state index contributed by atoms with van der Waals surface area (Å²) in [4.78, 5) is 33.3. The fourth-order valence-electron chi connectivity index (χ4n) is 1.76. The summed E-state index contributed by atoms with van der Waals surface area (Å²) in [5.74, 6) is -3.91. The second kappa shape index (κ2) is 7.37. The summed E-state index contributed by atoms with van der Waals surface area (Å²) in [5, 5.41) is 19.7. The van der Waals surface area contributed by atoms with Crippen LogP contribution in [0.25, 0.3) is 0 Å². The highest BCUT2D eigenvalue weighted by molar-refractivity contribution is 5.97. The number of rotatable bonds is 7. The van der Waals surface area contributed by atoms with Crippen LogP contribution < -0.4 is 5.32 Å². The van der Waals surface area contributed by atoms with Gasteiger partial charge in [0.25, 0.3) is 5.91 Å². The third kappa shape index (κ3) is 5.21. The van der Waals surface area contributed by atoms with E-state index in [0.717, 1.165) is 6.07 Å². The molecule has 0 saturated heterocycles. The minimum Gasteiger partial charge on any atom is -0.481 e. The fraction of sp³-hybridized carbons (Fsp3) is 0.357. The minimum absolute atomic E-state index is 0.0409. The molecule has 6 nitrogen and oxygen atoms in total. The fourth-order valence-corrected chi connectivity index (χ4v) is 1.76. The van der Waals surface area contributed by atoms with E-state index in [2.05, 4.69) is 5.32 Å². The van der Waals surface area contributed by atoms with Gasteiger partial charge in [-0.3, -0.25) is 9.59 Å². The zero-order chi connectivity index (χ0) is 16.0. The molecule has 0 aliphatic rings. The van der Waals surface area contributed by atoms with Crippen LogP contribution in [0.2, 0.25) is 0 Å². The van der Waals surface area contributed by atoms with Gasteiger partial charge in [-0.25, -0.2) is 9.18 Å². The van der Waals surface area contributed by atoms with Crippen LogP contribution in [0.15, 0.2) is 18.2 Å². The molecule has 1 amide bonds. The number of amides is 1. The molecule has 0 spiro atoms. The lowest BCUT2D eigenvalue weighted by atomic mass is 10.1. The first kappa shape index (κ1) is 16.6. The highest BCUT2D eigenvalue weighted by atomic mass is 19.1. The number of benzene rings is 1. The second-order valence-corrected chi connectivity index (χ2v) is 4.63. The Morgan fingerprint density at radius 2 is 1.95 bits per heavy atom. The Labute approximate surface area is 120 Å². The topological polar surface area (TPSA) is 104 Å². The van der Waals surface area contributed by atoms with E-state index in [4.69, 9.17) is 10.2 Å². The normalized spacial score (nSPS) is 11.7. The first-order chi connectivity index (χ1) is 9.81. The SMILES string of the molecule is Cc1ccc(F)c(C(=O)N[C@H](CCCC(=O)O)C(=O)O)c1. The lowest BCUT2D eigenvalue weighted by Crippen LogP contribution is -2.41. The lowest BCUT2D eigenvalue weighted by molar-refractivity contribution is -0.140. The monoisotopic (exact) mass is 297 g/mol. The molecule has 0 bridgehead atoms. The van der Waals surface area contributed by atoms with Crippen LogP contribution in [-0.4, -0.2) is 34.1 Å². The highest BCUT2D eigenvalue weighted by Gasteiger charge is 2.22. The van der Waals surface area contributed by atoms with E-state index in [0.29, 0.717) is 5.56 Å². The Bertz CT molecular complexity index is 558. The molecule has 1 aromatic carbocycles. The molecule has 21 heavy (non-hydrogen) atoms. The number of carbonyl (C=O) groups is 3. The van der Waals surface area contributed by atoms with Crippen LogP contribution in [0.1, 0.15) is 35.2 Å². The van der Waals surface area contributed by atoms with Crippen LogP contribution in [0.4, 0.5) is 4.39 Å². The van der Waals surface area contributed by atoms with Gasteiger partial charge in [-0.15, -0.1) is 0 Å². The minimum atomic E-state index is -1.29. The summed E-state index contributed by atoms with van der Waals surface area (Å²) in [6, 6.07) is 2.69. The molecule has 3 N–H and O–H groups in total. The van der Waals surface area contributed by atoms with E-state index in [-0.39, 0.29) is 24.8 Å². The van der Waals surface area contributed by atoms with Crippen molar-refractivity contribution in [2.75, 3.05) is 0 Å². The van der Waals surface area contributed by atoms with Crippen molar-refractivity contribution in [1.29, 1.82) is 0 Å². The third-order valence-corrected chi connectivity index (χ3v) is 2.85. The Hall–Kier alpha value is -2.44. The van der Waals surface area contributed by atoms with Gasteiger partial charge in [-0.05, 0) is 31.9 Å². The summed E-state index contributed by atoms with van der Waals surface area (Å²) in [6.45, 7) is 1.68. The van der Waals surface area contributed by atoms with Crippen LogP contribution in [0.3, 0.4) is 0 Å². The van der Waals surface area contributed by atoms with E-state index in [1.807, 2.05) is 0 Å². The highest BCUT2D eigenvalue weighted by Crippen LogP contribution is 2.11. The molecule has 0 heterocycles. The zero-order valence-corrected chi connectivity index (χ0v) is 11.4. The van der Waals surface area contributed by atoms with Gasteiger partial charge >= 0.3 is 11.9 Å². The number of halogens is 1. The lowest BCUT2D eigenvalue weighted by Gasteiger charge is -2.14. The third-order valence-electron chi connectivity index (χ3n) is 2.85. The molecule has 1 atom stereocenters. The molecule has 0 saturated carbocycles. The molecule has 114 valence electrons. The average molecular weight is 297 g/mol. The number of hydrogen-bond acceptors (Lipinski definition) is 3. The molecule has 0 fully saturated rings. The van der Waals surface area contributed by atoms with E-state index < -0.39 is 29.7 Å². The molecule has 0 radical (unpaired) electrons. The zero-order valence-electron chi connectivity index (χ0n) is 11.4. The smallest absolute Gasteiger partial charge is 0.326 e. The van der Waals surface area contributed by atoms with Gasteiger partial charge in [0.15, 0.2) is 0 Å². The second-order valence-electron chi connectivity index (χ2n) is 4.63. The molecular formula is C14H16FNO5. The van der Waals surface area contributed by atoms with Crippen molar-refractivity contribution in [2.45, 2.75) is 32.2 Å². The van der Waals surface area contributed by atoms with E-state index in [1.165, 1.54) is 12.1 Å². The Kier molecular flexibility index (Phi) is 5.83. The maximum absolute atomic E-state index is 13.5. The van der Waals surface area contributed by atoms with E-state index in [1.54, 1.807) is 6.92 Å². The summed E-state index contributed by atoms with van der Waals surface area (Å²) < 4.78 is 13.5. The van der Waals surface area contributed by atoms with E-state index >= 15 is 0 Å². The predicted octanol–water partition coefficient (Wildman–Crippen LogP) is 1.57. The van der Waals surface area contributed by atoms with Gasteiger partial charge < -0.3 is 15.5 Å². The Morgan fingerprint density at radius 3 is 2.52 bits per heavy atom. The van der Waals surface area contributed by atoms with E-state index in [9.17, 15) is 18.8 Å². The first-order valence-electron chi connectivity index (χ1n) is 6.33. The van der Waals surface area contributed by atoms with Crippen molar-refractivity contribution >= 4 is 17.8 Å². The number of nitrogens with one attached hydrogen (secondary N) is 1. The number of aryl methyl sites for hydroxylation is 1. The molecule has 0 aliphatic heterocycles. The van der Waals surface area contributed by atoms with Gasteiger partial charge in [0.1, 0.15) is 11.9 Å². The molecule has 1 rings (SSSR count). The Morgan fingerprint density at radius 1 is 1.29 bits per heavy atom. The first-order valence-corrected chi connectivity index (χ1v) is 6.33. The van der Waals surface area contributed by atoms with Crippen molar-refractivity contribution in [3.05, 3.63) is 35.1 Å². The maximum Gasteiger partial charge on any atom is 0.326 e. The maximum atomic E-state index is 13.5. The molecule has 0 unspecified atom stereocenters. The van der Waals surface area contributed by atoms with Crippen molar-refractivity contribution in [1.82, 2.24) is 5.32 Å². The molecule has 7 heteroatoms. The van der Waals surface area contributed by atoms with Gasteiger partial charge in [0, 0.05) is 6.42 Å². The predicted molar refractivity (Wildman–Crippen MR) is 71.5 cm³/mol. The summed E-state index contributed by atoms with van der Waals surface area (Å²) in [6.07, 6.45) is -0.137. The molecule has 1 aromatic rings.